The van der Waals surface area contributed by atoms with Gasteiger partial charge in [0, 0.05) is 28.3 Å². The number of carboxylic acids is 1. The molecule has 3 aromatic carbocycles. The molecule has 0 atom stereocenters. The van der Waals surface area contributed by atoms with E-state index in [9.17, 15) is 14.3 Å². The number of aromatic carboxylic acids is 1. The van der Waals surface area contributed by atoms with Crippen LogP contribution in [0.15, 0.2) is 71.1 Å². The zero-order chi connectivity index (χ0) is 18.8. The molecule has 2 N–H and O–H groups in total. The number of benzene rings is 3. The number of hydrogen-bond acceptors (Lipinski definition) is 5. The second-order valence-corrected chi connectivity index (χ2v) is 7.40. The summed E-state index contributed by atoms with van der Waals surface area (Å²) in [6.07, 6.45) is 0. The van der Waals surface area contributed by atoms with Gasteiger partial charge in [-0.1, -0.05) is 24.3 Å². The number of hydrogen-bond donors (Lipinski definition) is 2. The summed E-state index contributed by atoms with van der Waals surface area (Å²) in [6, 6.07) is 17.0. The fraction of sp³-hybridized carbons (Fsp3) is 0. The van der Waals surface area contributed by atoms with Crippen molar-refractivity contribution in [3.63, 3.8) is 0 Å². The van der Waals surface area contributed by atoms with Gasteiger partial charge in [-0.25, -0.2) is 14.2 Å². The minimum Gasteiger partial charge on any atom is -0.478 e. The first-order valence-electron chi connectivity index (χ1n) is 8.01. The van der Waals surface area contributed by atoms with Gasteiger partial charge in [0.25, 0.3) is 0 Å². The third kappa shape index (κ3) is 3.65. The summed E-state index contributed by atoms with van der Waals surface area (Å²) < 4.78 is 16.3. The van der Waals surface area contributed by atoms with E-state index in [4.69, 9.17) is 0 Å². The highest BCUT2D eigenvalue weighted by Gasteiger charge is 2.12. The van der Waals surface area contributed by atoms with Crippen LogP contribution in [0.4, 0.5) is 10.1 Å². The van der Waals surface area contributed by atoms with Crippen LogP contribution in [0.3, 0.4) is 0 Å². The zero-order valence-corrected chi connectivity index (χ0v) is 15.5. The molecule has 0 bridgehead atoms. The van der Waals surface area contributed by atoms with Gasteiger partial charge in [-0.15, -0.1) is 11.3 Å². The molecule has 4 aromatic rings. The quantitative estimate of drug-likeness (QED) is 0.410. The van der Waals surface area contributed by atoms with Crippen molar-refractivity contribution >= 4 is 45.7 Å². The SMILES string of the molecule is O=C(O)c1ccc(NSc2csc(-c3ccc(F)cc3)n2)c2ccccc12. The number of anilines is 1. The van der Waals surface area contributed by atoms with Crippen LogP contribution < -0.4 is 4.72 Å². The second kappa shape index (κ2) is 7.38. The normalized spacial score (nSPS) is 10.9. The van der Waals surface area contributed by atoms with Crippen LogP contribution in [0.2, 0.25) is 0 Å². The van der Waals surface area contributed by atoms with Crippen LogP contribution in [0, 0.1) is 5.82 Å². The Balaban J connectivity index is 1.57. The molecule has 0 fully saturated rings. The lowest BCUT2D eigenvalue weighted by Gasteiger charge is -2.10. The smallest absolute Gasteiger partial charge is 0.336 e. The van der Waals surface area contributed by atoms with E-state index in [-0.39, 0.29) is 11.4 Å². The third-order valence-corrected chi connectivity index (χ3v) is 5.78. The van der Waals surface area contributed by atoms with Gasteiger partial charge in [-0.2, -0.15) is 0 Å². The maximum atomic E-state index is 13.1. The van der Waals surface area contributed by atoms with Crippen molar-refractivity contribution < 1.29 is 14.3 Å². The van der Waals surface area contributed by atoms with Gasteiger partial charge in [0.2, 0.25) is 0 Å². The first kappa shape index (κ1) is 17.5. The first-order valence-corrected chi connectivity index (χ1v) is 9.71. The second-order valence-electron chi connectivity index (χ2n) is 5.71. The van der Waals surface area contributed by atoms with E-state index in [0.29, 0.717) is 5.39 Å². The molecule has 0 saturated heterocycles. The Morgan fingerprint density at radius 3 is 2.52 bits per heavy atom. The lowest BCUT2D eigenvalue weighted by molar-refractivity contribution is 0.0699. The number of aromatic nitrogens is 1. The van der Waals surface area contributed by atoms with Crippen LogP contribution in [0.5, 0.6) is 0 Å². The zero-order valence-electron chi connectivity index (χ0n) is 13.8. The molecule has 7 heteroatoms. The predicted molar refractivity (Wildman–Crippen MR) is 108 cm³/mol. The number of carboxylic acid groups (broad SMARTS) is 1. The van der Waals surface area contributed by atoms with Gasteiger partial charge >= 0.3 is 5.97 Å². The van der Waals surface area contributed by atoms with E-state index < -0.39 is 5.97 Å². The molecule has 0 radical (unpaired) electrons. The topological polar surface area (TPSA) is 62.2 Å². The van der Waals surface area contributed by atoms with Crippen LogP contribution in [-0.4, -0.2) is 16.1 Å². The van der Waals surface area contributed by atoms with Crippen molar-refractivity contribution in [2.45, 2.75) is 5.03 Å². The molecule has 4 nitrogen and oxygen atoms in total. The Bertz CT molecular complexity index is 1130. The summed E-state index contributed by atoms with van der Waals surface area (Å²) in [5, 5.41) is 14.4. The summed E-state index contributed by atoms with van der Waals surface area (Å²) in [5.74, 6) is -1.22. The summed E-state index contributed by atoms with van der Waals surface area (Å²) >= 11 is 2.83. The van der Waals surface area contributed by atoms with E-state index in [1.165, 1.54) is 35.4 Å². The number of halogens is 1. The maximum Gasteiger partial charge on any atom is 0.336 e. The lowest BCUT2D eigenvalue weighted by atomic mass is 10.0. The van der Waals surface area contributed by atoms with Gasteiger partial charge in [-0.3, -0.25) is 0 Å². The van der Waals surface area contributed by atoms with Gasteiger partial charge < -0.3 is 9.83 Å². The van der Waals surface area contributed by atoms with Crippen molar-refractivity contribution in [2.75, 3.05) is 4.72 Å². The predicted octanol–water partition coefficient (Wildman–Crippen LogP) is 5.92. The minimum absolute atomic E-state index is 0.272. The van der Waals surface area contributed by atoms with E-state index in [2.05, 4.69) is 9.71 Å². The van der Waals surface area contributed by atoms with Gasteiger partial charge in [0.1, 0.15) is 15.9 Å². The van der Waals surface area contributed by atoms with Crippen molar-refractivity contribution in [1.29, 1.82) is 0 Å². The molecule has 0 spiro atoms. The molecule has 0 amide bonds. The maximum absolute atomic E-state index is 13.1. The average Bonchev–Trinajstić information content (AvgIpc) is 3.15. The summed E-state index contributed by atoms with van der Waals surface area (Å²) in [6.45, 7) is 0. The fourth-order valence-electron chi connectivity index (χ4n) is 2.71. The Hall–Kier alpha value is -2.90. The molecule has 0 unspecified atom stereocenters. The molecule has 0 aliphatic carbocycles. The number of nitrogens with zero attached hydrogens (tertiary/aromatic N) is 1. The van der Waals surface area contributed by atoms with Crippen LogP contribution in [0.1, 0.15) is 10.4 Å². The monoisotopic (exact) mass is 396 g/mol. The van der Waals surface area contributed by atoms with E-state index in [1.807, 2.05) is 23.6 Å². The van der Waals surface area contributed by atoms with Gasteiger partial charge in [0.05, 0.1) is 11.3 Å². The van der Waals surface area contributed by atoms with E-state index in [1.54, 1.807) is 30.3 Å². The standard InChI is InChI=1S/C20H13FN2O2S2/c21-13-7-5-12(6-8-13)19-22-18(11-26-19)27-23-17-10-9-16(20(24)25)14-3-1-2-4-15(14)17/h1-11,23H,(H,24,25). The third-order valence-electron chi connectivity index (χ3n) is 3.99. The number of thiazole rings is 1. The minimum atomic E-state index is -0.950. The molecule has 27 heavy (non-hydrogen) atoms. The molecule has 0 aliphatic rings. The highest BCUT2D eigenvalue weighted by Crippen LogP contribution is 2.32. The van der Waals surface area contributed by atoms with E-state index in [0.717, 1.165) is 26.7 Å². The summed E-state index contributed by atoms with van der Waals surface area (Å²) in [5.41, 5.74) is 1.95. The molecule has 0 aliphatic heterocycles. The highest BCUT2D eigenvalue weighted by molar-refractivity contribution is 8.00. The molecule has 4 rings (SSSR count). The molecular weight excluding hydrogens is 383 g/mol. The highest BCUT2D eigenvalue weighted by atomic mass is 32.2. The molecule has 134 valence electrons. The molecular formula is C20H13FN2O2S2. The lowest BCUT2D eigenvalue weighted by Crippen LogP contribution is -1.99. The number of nitrogens with one attached hydrogen (secondary N) is 1. The Kier molecular flexibility index (Phi) is 4.79. The van der Waals surface area contributed by atoms with Crippen molar-refractivity contribution in [1.82, 2.24) is 4.98 Å². The average molecular weight is 396 g/mol. The van der Waals surface area contributed by atoms with Crippen LogP contribution in [-0.2, 0) is 0 Å². The van der Waals surface area contributed by atoms with Crippen molar-refractivity contribution in [3.05, 3.63) is 77.4 Å². The molecule has 1 heterocycles. The molecule has 1 aromatic heterocycles. The van der Waals surface area contributed by atoms with Gasteiger partial charge in [-0.05, 0) is 41.8 Å². The summed E-state index contributed by atoms with van der Waals surface area (Å²) in [7, 11) is 0. The Morgan fingerprint density at radius 1 is 1.04 bits per heavy atom. The first-order chi connectivity index (χ1) is 13.1. The van der Waals surface area contributed by atoms with Crippen LogP contribution >= 0.6 is 23.3 Å². The largest absolute Gasteiger partial charge is 0.478 e. The fourth-order valence-corrected chi connectivity index (χ4v) is 4.33. The number of rotatable bonds is 5. The van der Waals surface area contributed by atoms with Gasteiger partial charge in [0.15, 0.2) is 0 Å². The van der Waals surface area contributed by atoms with E-state index >= 15 is 0 Å². The number of fused-ring (bicyclic) bond motifs is 1. The van der Waals surface area contributed by atoms with Crippen molar-refractivity contribution in [2.24, 2.45) is 0 Å². The van der Waals surface area contributed by atoms with Crippen LogP contribution in [0.25, 0.3) is 21.3 Å². The Labute approximate surface area is 162 Å². The Morgan fingerprint density at radius 2 is 1.78 bits per heavy atom. The summed E-state index contributed by atoms with van der Waals surface area (Å²) in [4.78, 5) is 16.0. The number of carbonyl (C=O) groups is 1. The molecule has 0 saturated carbocycles. The van der Waals surface area contributed by atoms with Crippen molar-refractivity contribution in [3.8, 4) is 10.6 Å².